The second-order valence-electron chi connectivity index (χ2n) is 4.90. The second-order valence-corrected chi connectivity index (χ2v) is 5.33. The SMILES string of the molecule is O=C(Nc1cccc(Cl)c1)c1cnc(Nc2cccc(F)c2)nc1. The molecule has 2 aromatic carbocycles. The minimum absolute atomic E-state index is 0.264. The molecular weight excluding hydrogens is 331 g/mol. The van der Waals surface area contributed by atoms with Crippen molar-refractivity contribution in [2.45, 2.75) is 0 Å². The van der Waals surface area contributed by atoms with E-state index in [1.165, 1.54) is 24.5 Å². The van der Waals surface area contributed by atoms with Crippen LogP contribution in [-0.2, 0) is 0 Å². The Kier molecular flexibility index (Phi) is 4.67. The third kappa shape index (κ3) is 4.05. The van der Waals surface area contributed by atoms with Gasteiger partial charge in [0.25, 0.3) is 5.91 Å². The van der Waals surface area contributed by atoms with Crippen LogP contribution in [0.1, 0.15) is 10.4 Å². The largest absolute Gasteiger partial charge is 0.324 e. The summed E-state index contributed by atoms with van der Waals surface area (Å²) in [5.74, 6) is -0.452. The van der Waals surface area contributed by atoms with Gasteiger partial charge in [-0.25, -0.2) is 14.4 Å². The van der Waals surface area contributed by atoms with Gasteiger partial charge >= 0.3 is 0 Å². The summed E-state index contributed by atoms with van der Waals surface area (Å²) >= 11 is 5.87. The molecule has 1 amide bonds. The molecule has 0 aliphatic rings. The highest BCUT2D eigenvalue weighted by atomic mass is 35.5. The minimum atomic E-state index is -0.363. The highest BCUT2D eigenvalue weighted by Crippen LogP contribution is 2.16. The Morgan fingerprint density at radius 2 is 1.71 bits per heavy atom. The molecule has 1 aromatic heterocycles. The first-order valence-electron chi connectivity index (χ1n) is 7.02. The summed E-state index contributed by atoms with van der Waals surface area (Å²) < 4.78 is 13.1. The summed E-state index contributed by atoms with van der Waals surface area (Å²) in [4.78, 5) is 20.2. The zero-order valence-corrected chi connectivity index (χ0v) is 13.1. The molecule has 2 N–H and O–H groups in total. The molecule has 120 valence electrons. The molecular formula is C17H12ClFN4O. The lowest BCUT2D eigenvalue weighted by Gasteiger charge is -2.07. The fraction of sp³-hybridized carbons (Fsp3) is 0. The lowest BCUT2D eigenvalue weighted by molar-refractivity contribution is 0.102. The summed E-state index contributed by atoms with van der Waals surface area (Å²) in [5.41, 5.74) is 1.39. The number of halogens is 2. The van der Waals surface area contributed by atoms with Crippen molar-refractivity contribution in [2.75, 3.05) is 10.6 Å². The molecule has 0 bridgehead atoms. The maximum absolute atomic E-state index is 13.1. The first kappa shape index (κ1) is 15.9. The number of aromatic nitrogens is 2. The van der Waals surface area contributed by atoms with Crippen LogP contribution in [0, 0.1) is 5.82 Å². The van der Waals surface area contributed by atoms with Crippen molar-refractivity contribution in [3.8, 4) is 0 Å². The van der Waals surface area contributed by atoms with Crippen molar-refractivity contribution >= 4 is 34.8 Å². The van der Waals surface area contributed by atoms with Crippen molar-refractivity contribution < 1.29 is 9.18 Å². The first-order valence-corrected chi connectivity index (χ1v) is 7.39. The Morgan fingerprint density at radius 3 is 2.42 bits per heavy atom. The minimum Gasteiger partial charge on any atom is -0.324 e. The molecule has 0 unspecified atom stereocenters. The number of anilines is 3. The first-order chi connectivity index (χ1) is 11.6. The van der Waals surface area contributed by atoms with E-state index in [2.05, 4.69) is 20.6 Å². The number of benzene rings is 2. The van der Waals surface area contributed by atoms with Crippen LogP contribution >= 0.6 is 11.6 Å². The van der Waals surface area contributed by atoms with Crippen LogP contribution in [0.2, 0.25) is 5.02 Å². The van der Waals surface area contributed by atoms with E-state index < -0.39 is 0 Å². The third-order valence-electron chi connectivity index (χ3n) is 3.08. The standard InChI is InChI=1S/C17H12ClFN4O/c18-12-3-1-5-14(7-12)22-16(24)11-9-20-17(21-10-11)23-15-6-2-4-13(19)8-15/h1-10H,(H,22,24)(H,20,21,23). The van der Waals surface area contributed by atoms with Crippen molar-refractivity contribution in [1.29, 1.82) is 0 Å². The van der Waals surface area contributed by atoms with Gasteiger partial charge in [0, 0.05) is 28.8 Å². The number of carbonyl (C=O) groups excluding carboxylic acids is 1. The molecule has 0 aliphatic carbocycles. The summed E-state index contributed by atoms with van der Waals surface area (Å²) in [6.07, 6.45) is 2.77. The van der Waals surface area contributed by atoms with Gasteiger partial charge in [0.2, 0.25) is 5.95 Å². The third-order valence-corrected chi connectivity index (χ3v) is 3.31. The Balaban J connectivity index is 1.68. The molecule has 0 fully saturated rings. The van der Waals surface area contributed by atoms with Gasteiger partial charge in [-0.15, -0.1) is 0 Å². The number of hydrogen-bond acceptors (Lipinski definition) is 4. The number of amides is 1. The zero-order valence-electron chi connectivity index (χ0n) is 12.3. The predicted molar refractivity (Wildman–Crippen MR) is 91.1 cm³/mol. The summed E-state index contributed by atoms with van der Waals surface area (Å²) in [7, 11) is 0. The van der Waals surface area contributed by atoms with Crippen molar-refractivity contribution in [1.82, 2.24) is 9.97 Å². The molecule has 24 heavy (non-hydrogen) atoms. The van der Waals surface area contributed by atoms with Crippen molar-refractivity contribution in [2.24, 2.45) is 0 Å². The van der Waals surface area contributed by atoms with Gasteiger partial charge in [-0.1, -0.05) is 23.7 Å². The average molecular weight is 343 g/mol. The lowest BCUT2D eigenvalue weighted by Crippen LogP contribution is -2.13. The van der Waals surface area contributed by atoms with Gasteiger partial charge in [-0.05, 0) is 36.4 Å². The number of carbonyl (C=O) groups is 1. The molecule has 0 spiro atoms. The normalized spacial score (nSPS) is 10.2. The van der Waals surface area contributed by atoms with Gasteiger partial charge in [-0.2, -0.15) is 0 Å². The van der Waals surface area contributed by atoms with Gasteiger partial charge in [0.05, 0.1) is 5.56 Å². The zero-order chi connectivity index (χ0) is 16.9. The van der Waals surface area contributed by atoms with Crippen LogP contribution in [-0.4, -0.2) is 15.9 Å². The smallest absolute Gasteiger partial charge is 0.258 e. The fourth-order valence-electron chi connectivity index (χ4n) is 1.97. The number of nitrogens with one attached hydrogen (secondary N) is 2. The van der Waals surface area contributed by atoms with Gasteiger partial charge in [0.15, 0.2) is 0 Å². The topological polar surface area (TPSA) is 66.9 Å². The molecule has 3 rings (SSSR count). The molecule has 7 heteroatoms. The molecule has 0 aliphatic heterocycles. The van der Waals surface area contributed by atoms with Crippen LogP contribution in [0.15, 0.2) is 60.9 Å². The predicted octanol–water partition coefficient (Wildman–Crippen LogP) is 4.27. The Hall–Kier alpha value is -2.99. The van der Waals surface area contributed by atoms with Crippen LogP contribution in [0.4, 0.5) is 21.7 Å². The lowest BCUT2D eigenvalue weighted by atomic mass is 10.3. The van der Waals surface area contributed by atoms with Crippen LogP contribution in [0.3, 0.4) is 0 Å². The number of nitrogens with zero attached hydrogens (tertiary/aromatic N) is 2. The maximum Gasteiger partial charge on any atom is 0.258 e. The van der Waals surface area contributed by atoms with E-state index in [-0.39, 0.29) is 17.7 Å². The van der Waals surface area contributed by atoms with Crippen molar-refractivity contribution in [3.05, 3.63) is 77.3 Å². The summed E-state index contributed by atoms with van der Waals surface area (Å²) in [6.45, 7) is 0. The van der Waals surface area contributed by atoms with Crippen molar-refractivity contribution in [3.63, 3.8) is 0 Å². The molecule has 0 saturated carbocycles. The number of hydrogen-bond donors (Lipinski definition) is 2. The van der Waals surface area contributed by atoms with Gasteiger partial charge in [0.1, 0.15) is 5.82 Å². The molecule has 0 atom stereocenters. The molecule has 0 saturated heterocycles. The van der Waals surface area contributed by atoms with E-state index in [0.717, 1.165) is 0 Å². The van der Waals surface area contributed by atoms with Crippen LogP contribution < -0.4 is 10.6 Å². The molecule has 5 nitrogen and oxygen atoms in total. The second kappa shape index (κ2) is 7.06. The van der Waals surface area contributed by atoms with Gasteiger partial charge < -0.3 is 10.6 Å². The van der Waals surface area contributed by atoms with E-state index in [1.807, 2.05) is 0 Å². The monoisotopic (exact) mass is 342 g/mol. The Bertz CT molecular complexity index is 870. The van der Waals surface area contributed by atoms with Crippen LogP contribution in [0.5, 0.6) is 0 Å². The van der Waals surface area contributed by atoms with E-state index >= 15 is 0 Å². The van der Waals surface area contributed by atoms with E-state index in [1.54, 1.807) is 36.4 Å². The Labute approximate surface area is 142 Å². The van der Waals surface area contributed by atoms with E-state index in [4.69, 9.17) is 11.6 Å². The van der Waals surface area contributed by atoms with E-state index in [0.29, 0.717) is 22.0 Å². The summed E-state index contributed by atoms with van der Waals surface area (Å²) in [6, 6.07) is 12.7. The molecule has 3 aromatic rings. The molecule has 1 heterocycles. The quantitative estimate of drug-likeness (QED) is 0.743. The van der Waals surface area contributed by atoms with Crippen LogP contribution in [0.25, 0.3) is 0 Å². The maximum atomic E-state index is 13.1. The average Bonchev–Trinajstić information content (AvgIpc) is 2.55. The number of rotatable bonds is 4. The van der Waals surface area contributed by atoms with Gasteiger partial charge in [-0.3, -0.25) is 4.79 Å². The Morgan fingerprint density at radius 1 is 1.00 bits per heavy atom. The summed E-state index contributed by atoms with van der Waals surface area (Å²) in [5, 5.41) is 6.09. The highest BCUT2D eigenvalue weighted by molar-refractivity contribution is 6.30. The fourth-order valence-corrected chi connectivity index (χ4v) is 2.16. The van der Waals surface area contributed by atoms with E-state index in [9.17, 15) is 9.18 Å². The highest BCUT2D eigenvalue weighted by Gasteiger charge is 2.08. The molecule has 0 radical (unpaired) electrons.